The Morgan fingerprint density at radius 3 is 2.67 bits per heavy atom. The molecule has 0 amide bonds. The molecule has 0 heterocycles. The highest BCUT2D eigenvalue weighted by atomic mass is 16.6. The van der Waals surface area contributed by atoms with Crippen molar-refractivity contribution in [3.63, 3.8) is 0 Å². The third-order valence-electron chi connectivity index (χ3n) is 3.34. The van der Waals surface area contributed by atoms with Crippen molar-refractivity contribution in [2.45, 2.75) is 38.7 Å². The first-order valence-electron chi connectivity index (χ1n) is 6.59. The topological polar surface area (TPSA) is 38.7 Å². The van der Waals surface area contributed by atoms with E-state index in [1.54, 1.807) is 0 Å². The highest BCUT2D eigenvalue weighted by Crippen LogP contribution is 2.23. The summed E-state index contributed by atoms with van der Waals surface area (Å²) in [5, 5.41) is 3.77. The minimum atomic E-state index is 0.114. The van der Waals surface area contributed by atoms with Crippen LogP contribution in [0.1, 0.15) is 37.7 Å². The first-order chi connectivity index (χ1) is 8.86. The molecule has 1 aromatic carbocycles. The summed E-state index contributed by atoms with van der Waals surface area (Å²) in [5.74, 6) is 0.283. The van der Waals surface area contributed by atoms with Crippen LogP contribution in [0.2, 0.25) is 0 Å². The van der Waals surface area contributed by atoms with Crippen LogP contribution in [-0.2, 0) is 16.2 Å². The van der Waals surface area contributed by atoms with Crippen LogP contribution in [0.15, 0.2) is 35.5 Å². The third-order valence-corrected chi connectivity index (χ3v) is 3.34. The monoisotopic (exact) mass is 245 g/mol. The fraction of sp³-hybridized carbons (Fsp3) is 0.467. The van der Waals surface area contributed by atoms with E-state index in [2.05, 4.69) is 5.16 Å². The van der Waals surface area contributed by atoms with Crippen molar-refractivity contribution in [3.8, 4) is 0 Å². The van der Waals surface area contributed by atoms with Crippen molar-refractivity contribution in [1.29, 1.82) is 0 Å². The standard InChI is InChI=1S/C15H19NO2/c17-15(14-9-5-2-6-10-14)11-16-18-12-13-7-3-1-4-8-13/h1,3-4,7-8,11,14H,2,5-6,9-10,12H2/b16-11-. The van der Waals surface area contributed by atoms with E-state index in [9.17, 15) is 4.79 Å². The van der Waals surface area contributed by atoms with E-state index in [0.29, 0.717) is 6.61 Å². The first-order valence-corrected chi connectivity index (χ1v) is 6.59. The maximum Gasteiger partial charge on any atom is 0.180 e. The number of hydrogen-bond donors (Lipinski definition) is 0. The van der Waals surface area contributed by atoms with Gasteiger partial charge in [-0.3, -0.25) is 4.79 Å². The van der Waals surface area contributed by atoms with Crippen LogP contribution in [0.3, 0.4) is 0 Å². The van der Waals surface area contributed by atoms with Gasteiger partial charge in [0.15, 0.2) is 5.78 Å². The fourth-order valence-corrected chi connectivity index (χ4v) is 2.27. The number of benzene rings is 1. The predicted molar refractivity (Wildman–Crippen MR) is 71.3 cm³/mol. The number of nitrogens with zero attached hydrogens (tertiary/aromatic N) is 1. The Bertz CT molecular complexity index is 394. The third kappa shape index (κ3) is 3.99. The van der Waals surface area contributed by atoms with Crippen molar-refractivity contribution in [2.75, 3.05) is 0 Å². The quantitative estimate of drug-likeness (QED) is 0.589. The molecule has 2 rings (SSSR count). The van der Waals surface area contributed by atoms with E-state index < -0.39 is 0 Å². The van der Waals surface area contributed by atoms with Gasteiger partial charge in [0.2, 0.25) is 0 Å². The summed E-state index contributed by atoms with van der Waals surface area (Å²) in [5.41, 5.74) is 1.06. The van der Waals surface area contributed by atoms with E-state index in [-0.39, 0.29) is 11.7 Å². The zero-order valence-corrected chi connectivity index (χ0v) is 10.5. The summed E-state index contributed by atoms with van der Waals surface area (Å²) >= 11 is 0. The Labute approximate surface area is 108 Å². The lowest BCUT2D eigenvalue weighted by Gasteiger charge is -2.17. The number of carbonyl (C=O) groups excluding carboxylic acids is 1. The maximum atomic E-state index is 11.8. The molecule has 1 saturated carbocycles. The van der Waals surface area contributed by atoms with Crippen LogP contribution < -0.4 is 0 Å². The van der Waals surface area contributed by atoms with Gasteiger partial charge in [-0.05, 0) is 18.4 Å². The average Bonchev–Trinajstić information content (AvgIpc) is 2.45. The molecule has 1 aliphatic rings. The van der Waals surface area contributed by atoms with Gasteiger partial charge < -0.3 is 4.84 Å². The molecule has 0 saturated heterocycles. The summed E-state index contributed by atoms with van der Waals surface area (Å²) in [6, 6.07) is 9.81. The van der Waals surface area contributed by atoms with E-state index in [4.69, 9.17) is 4.84 Å². The zero-order chi connectivity index (χ0) is 12.6. The van der Waals surface area contributed by atoms with E-state index in [1.165, 1.54) is 12.6 Å². The van der Waals surface area contributed by atoms with Crippen molar-refractivity contribution in [1.82, 2.24) is 0 Å². The Hall–Kier alpha value is -1.64. The molecule has 3 heteroatoms. The Morgan fingerprint density at radius 2 is 1.94 bits per heavy atom. The molecule has 18 heavy (non-hydrogen) atoms. The molecule has 0 spiro atoms. The summed E-state index contributed by atoms with van der Waals surface area (Å²) in [7, 11) is 0. The van der Waals surface area contributed by atoms with Gasteiger partial charge in [0.05, 0.1) is 0 Å². The second-order valence-electron chi connectivity index (χ2n) is 4.73. The molecule has 0 unspecified atom stereocenters. The molecule has 3 nitrogen and oxygen atoms in total. The number of rotatable bonds is 5. The van der Waals surface area contributed by atoms with E-state index >= 15 is 0 Å². The normalized spacial score (nSPS) is 16.9. The number of hydrogen-bond acceptors (Lipinski definition) is 3. The average molecular weight is 245 g/mol. The van der Waals surface area contributed by atoms with Gasteiger partial charge in [0.1, 0.15) is 12.8 Å². The van der Waals surface area contributed by atoms with Crippen LogP contribution in [0, 0.1) is 5.92 Å². The van der Waals surface area contributed by atoms with Gasteiger partial charge in [-0.1, -0.05) is 54.8 Å². The lowest BCUT2D eigenvalue weighted by Crippen LogP contribution is -2.18. The molecule has 0 N–H and O–H groups in total. The second-order valence-corrected chi connectivity index (χ2v) is 4.73. The SMILES string of the molecule is O=C(/C=N\OCc1ccccc1)C1CCCCC1. The van der Waals surface area contributed by atoms with Gasteiger partial charge in [-0.2, -0.15) is 0 Å². The van der Waals surface area contributed by atoms with Crippen molar-refractivity contribution >= 4 is 12.0 Å². The maximum absolute atomic E-state index is 11.8. The number of oxime groups is 1. The molecule has 96 valence electrons. The smallest absolute Gasteiger partial charge is 0.180 e. The molecule has 1 aromatic rings. The molecule has 0 radical (unpaired) electrons. The second kappa shape index (κ2) is 6.94. The Kier molecular flexibility index (Phi) is 4.94. The Balaban J connectivity index is 1.72. The van der Waals surface area contributed by atoms with E-state index in [1.807, 2.05) is 30.3 Å². The highest BCUT2D eigenvalue weighted by Gasteiger charge is 2.19. The van der Waals surface area contributed by atoms with E-state index in [0.717, 1.165) is 31.2 Å². The minimum Gasteiger partial charge on any atom is -0.391 e. The van der Waals surface area contributed by atoms with Crippen molar-refractivity contribution in [2.24, 2.45) is 11.1 Å². The van der Waals surface area contributed by atoms with Gasteiger partial charge >= 0.3 is 0 Å². The Morgan fingerprint density at radius 1 is 1.22 bits per heavy atom. The summed E-state index contributed by atoms with van der Waals surface area (Å²) < 4.78 is 0. The molecule has 1 aliphatic carbocycles. The number of ketones is 1. The van der Waals surface area contributed by atoms with Crippen LogP contribution in [-0.4, -0.2) is 12.0 Å². The van der Waals surface area contributed by atoms with Crippen LogP contribution >= 0.6 is 0 Å². The lowest BCUT2D eigenvalue weighted by atomic mass is 9.87. The van der Waals surface area contributed by atoms with Gasteiger partial charge in [0.25, 0.3) is 0 Å². The summed E-state index contributed by atoms with van der Waals surface area (Å²) in [6.07, 6.45) is 6.93. The molecule has 0 aliphatic heterocycles. The zero-order valence-electron chi connectivity index (χ0n) is 10.5. The van der Waals surface area contributed by atoms with Crippen LogP contribution in [0.5, 0.6) is 0 Å². The number of Topliss-reactive ketones (excluding diaryl/α,β-unsaturated/α-hetero) is 1. The van der Waals surface area contributed by atoms with Gasteiger partial charge in [-0.15, -0.1) is 0 Å². The van der Waals surface area contributed by atoms with Gasteiger partial charge in [0, 0.05) is 5.92 Å². The van der Waals surface area contributed by atoms with Crippen molar-refractivity contribution < 1.29 is 9.63 Å². The minimum absolute atomic E-state index is 0.114. The largest absolute Gasteiger partial charge is 0.391 e. The molecule has 0 atom stereocenters. The molecular formula is C15H19NO2. The summed E-state index contributed by atoms with van der Waals surface area (Å²) in [6.45, 7) is 0.412. The summed E-state index contributed by atoms with van der Waals surface area (Å²) in [4.78, 5) is 16.9. The van der Waals surface area contributed by atoms with Crippen LogP contribution in [0.4, 0.5) is 0 Å². The lowest BCUT2D eigenvalue weighted by molar-refractivity contribution is -0.117. The number of carbonyl (C=O) groups is 1. The molecule has 1 fully saturated rings. The van der Waals surface area contributed by atoms with Crippen molar-refractivity contribution in [3.05, 3.63) is 35.9 Å². The first kappa shape index (κ1) is 12.8. The molecule has 0 aromatic heterocycles. The van der Waals surface area contributed by atoms with Gasteiger partial charge in [-0.25, -0.2) is 0 Å². The predicted octanol–water partition coefficient (Wildman–Crippen LogP) is 3.34. The van der Waals surface area contributed by atoms with Crippen LogP contribution in [0.25, 0.3) is 0 Å². The fourth-order valence-electron chi connectivity index (χ4n) is 2.27. The highest BCUT2D eigenvalue weighted by molar-refractivity contribution is 6.28. The molecule has 0 bridgehead atoms. The molecular weight excluding hydrogens is 226 g/mol.